The molecule has 0 spiro atoms. The number of alkyl carbamates (subject to hydrolysis) is 1. The Morgan fingerprint density at radius 1 is 0.851 bits per heavy atom. The van der Waals surface area contributed by atoms with Gasteiger partial charge < -0.3 is 35.5 Å². The van der Waals surface area contributed by atoms with Gasteiger partial charge >= 0.3 is 18.0 Å². The molecule has 1 heterocycles. The number of ether oxygens (including phenoxy) is 2. The molecule has 3 rings (SSSR count). The largest absolute Gasteiger partial charge is 0.480 e. The van der Waals surface area contributed by atoms with Crippen LogP contribution in [0.5, 0.6) is 0 Å². The van der Waals surface area contributed by atoms with E-state index in [-0.39, 0.29) is 25.9 Å². The van der Waals surface area contributed by atoms with Crippen LogP contribution in [-0.2, 0) is 41.7 Å². The predicted octanol–water partition coefficient (Wildman–Crippen LogP) is 4.62. The number of H-pyrrole nitrogens is 1. The van der Waals surface area contributed by atoms with E-state index in [4.69, 9.17) is 9.47 Å². The van der Waals surface area contributed by atoms with Gasteiger partial charge in [-0.25, -0.2) is 9.59 Å². The first kappa shape index (κ1) is 36.6. The van der Waals surface area contributed by atoms with Crippen molar-refractivity contribution in [3.8, 4) is 0 Å². The lowest BCUT2D eigenvalue weighted by atomic mass is 10.0. The van der Waals surface area contributed by atoms with E-state index in [9.17, 15) is 29.1 Å². The number of nitrogens with one attached hydrogen (secondary N) is 4. The smallest absolute Gasteiger partial charge is 0.408 e. The Bertz CT molecular complexity index is 1510. The molecule has 2 aromatic carbocycles. The molecule has 3 amide bonds. The van der Waals surface area contributed by atoms with Crippen LogP contribution in [-0.4, -0.2) is 63.7 Å². The summed E-state index contributed by atoms with van der Waals surface area (Å²) in [7, 11) is 0. The minimum Gasteiger partial charge on any atom is -0.480 e. The molecule has 1 aromatic heterocycles. The zero-order chi connectivity index (χ0) is 34.6. The van der Waals surface area contributed by atoms with Crippen molar-refractivity contribution < 1.29 is 38.6 Å². The number of carboxylic acids is 1. The lowest BCUT2D eigenvalue weighted by Crippen LogP contribution is -2.56. The molecule has 0 radical (unpaired) electrons. The quantitative estimate of drug-likeness (QED) is 0.140. The molecule has 12 heteroatoms. The minimum absolute atomic E-state index is 0.0109. The summed E-state index contributed by atoms with van der Waals surface area (Å²) in [6, 6.07) is 13.3. The van der Waals surface area contributed by atoms with Gasteiger partial charge in [0.15, 0.2) is 0 Å². The number of aryl methyl sites for hydroxylation is 1. The third-order valence-corrected chi connectivity index (χ3v) is 7.36. The Hall–Kier alpha value is -4.87. The molecule has 47 heavy (non-hydrogen) atoms. The summed E-state index contributed by atoms with van der Waals surface area (Å²) in [5, 5.41) is 18.4. The SMILES string of the molecule is CC(C)C(NC(=O)C(CCC(=O)OC(C)(C)C)NC(=O)C(CCCc1c[nH]c2ccccc12)NC(=O)OCc1ccccc1)C(=O)O. The highest BCUT2D eigenvalue weighted by Crippen LogP contribution is 2.20. The third kappa shape index (κ3) is 12.1. The van der Waals surface area contributed by atoms with Crippen molar-refractivity contribution in [2.45, 2.75) is 97.1 Å². The van der Waals surface area contributed by atoms with Gasteiger partial charge in [0, 0.05) is 23.5 Å². The molecule has 3 atom stereocenters. The summed E-state index contributed by atoms with van der Waals surface area (Å²) >= 11 is 0. The number of esters is 1. The van der Waals surface area contributed by atoms with E-state index in [0.717, 1.165) is 22.0 Å². The van der Waals surface area contributed by atoms with Crippen LogP contribution in [0.4, 0.5) is 4.79 Å². The van der Waals surface area contributed by atoms with Crippen molar-refractivity contribution in [1.29, 1.82) is 0 Å². The van der Waals surface area contributed by atoms with Crippen molar-refractivity contribution in [2.75, 3.05) is 0 Å². The van der Waals surface area contributed by atoms with E-state index >= 15 is 0 Å². The number of carbonyl (C=O) groups excluding carboxylic acids is 4. The van der Waals surface area contributed by atoms with E-state index in [1.807, 2.05) is 48.7 Å². The monoisotopic (exact) mass is 650 g/mol. The Kier molecular flexibility index (Phi) is 13.4. The van der Waals surface area contributed by atoms with Gasteiger partial charge in [0.25, 0.3) is 0 Å². The molecular formula is C35H46N4O8. The summed E-state index contributed by atoms with van der Waals surface area (Å²) in [6.45, 7) is 8.40. The molecule has 5 N–H and O–H groups in total. The molecule has 0 aliphatic rings. The van der Waals surface area contributed by atoms with Crippen LogP contribution in [0.1, 0.15) is 71.4 Å². The molecule has 0 bridgehead atoms. The number of carbonyl (C=O) groups is 5. The van der Waals surface area contributed by atoms with E-state index < -0.39 is 59.5 Å². The third-order valence-electron chi connectivity index (χ3n) is 7.36. The standard InChI is InChI=1S/C35H46N4O8/c1-22(2)30(33(43)44)39-32(42)28(18-19-29(40)47-35(3,4)5)37-31(41)27(38-34(45)46-21-23-12-7-6-8-13-23)17-11-14-24-20-36-26-16-10-9-15-25(24)26/h6-10,12-13,15-16,20,22,27-28,30,36H,11,14,17-19,21H2,1-5H3,(H,37,41)(H,38,45)(H,39,42)(H,43,44). The zero-order valence-electron chi connectivity index (χ0n) is 27.6. The van der Waals surface area contributed by atoms with E-state index in [1.165, 1.54) is 0 Å². The first-order valence-corrected chi connectivity index (χ1v) is 15.8. The number of para-hydroxylation sites is 1. The maximum Gasteiger partial charge on any atom is 0.408 e. The average molecular weight is 651 g/mol. The molecule has 0 aliphatic carbocycles. The van der Waals surface area contributed by atoms with Gasteiger partial charge in [0.2, 0.25) is 11.8 Å². The van der Waals surface area contributed by atoms with Gasteiger partial charge in [0.1, 0.15) is 30.3 Å². The summed E-state index contributed by atoms with van der Waals surface area (Å²) < 4.78 is 10.7. The summed E-state index contributed by atoms with van der Waals surface area (Å²) in [5.74, 6) is -3.71. The Labute approximate surface area is 275 Å². The minimum atomic E-state index is -1.28. The molecular weight excluding hydrogens is 604 g/mol. The lowest BCUT2D eigenvalue weighted by Gasteiger charge is -2.26. The number of rotatable bonds is 16. The maximum absolute atomic E-state index is 13.7. The van der Waals surface area contributed by atoms with E-state index in [0.29, 0.717) is 12.8 Å². The maximum atomic E-state index is 13.7. The van der Waals surface area contributed by atoms with E-state index in [1.54, 1.807) is 46.8 Å². The topological polar surface area (TPSA) is 176 Å². The molecule has 0 fully saturated rings. The fourth-order valence-corrected chi connectivity index (χ4v) is 4.97. The van der Waals surface area contributed by atoms with E-state index in [2.05, 4.69) is 20.9 Å². The van der Waals surface area contributed by atoms with Crippen molar-refractivity contribution >= 4 is 40.7 Å². The second-order valence-electron chi connectivity index (χ2n) is 12.8. The lowest BCUT2D eigenvalue weighted by molar-refractivity contribution is -0.155. The van der Waals surface area contributed by atoms with Crippen molar-refractivity contribution in [2.24, 2.45) is 5.92 Å². The number of hydrogen-bond acceptors (Lipinski definition) is 7. The normalized spacial score (nSPS) is 13.3. The number of aliphatic carboxylic acids is 1. The first-order valence-electron chi connectivity index (χ1n) is 15.8. The van der Waals surface area contributed by atoms with Gasteiger partial charge in [-0.15, -0.1) is 0 Å². The number of aromatic amines is 1. The second-order valence-corrected chi connectivity index (χ2v) is 12.8. The summed E-state index contributed by atoms with van der Waals surface area (Å²) in [4.78, 5) is 67.4. The van der Waals surface area contributed by atoms with Gasteiger partial charge in [-0.05, 0) is 69.6 Å². The first-order chi connectivity index (χ1) is 22.2. The fraction of sp³-hybridized carbons (Fsp3) is 0.457. The molecule has 12 nitrogen and oxygen atoms in total. The van der Waals surface area contributed by atoms with Crippen LogP contribution < -0.4 is 16.0 Å². The molecule has 0 saturated heterocycles. The summed E-state index contributed by atoms with van der Waals surface area (Å²) in [5.41, 5.74) is 2.04. The van der Waals surface area contributed by atoms with Crippen LogP contribution in [0.2, 0.25) is 0 Å². The van der Waals surface area contributed by atoms with Crippen LogP contribution >= 0.6 is 0 Å². The van der Waals surface area contributed by atoms with Crippen molar-refractivity contribution in [3.63, 3.8) is 0 Å². The number of aromatic nitrogens is 1. The molecule has 3 aromatic rings. The van der Waals surface area contributed by atoms with Gasteiger partial charge in [0.05, 0.1) is 0 Å². The van der Waals surface area contributed by atoms with Crippen LogP contribution in [0.15, 0.2) is 60.8 Å². The number of benzene rings is 2. The van der Waals surface area contributed by atoms with Gasteiger partial charge in [-0.2, -0.15) is 0 Å². The Balaban J connectivity index is 1.77. The fourth-order valence-electron chi connectivity index (χ4n) is 4.97. The highest BCUT2D eigenvalue weighted by atomic mass is 16.6. The van der Waals surface area contributed by atoms with Crippen LogP contribution in [0, 0.1) is 5.92 Å². The number of fused-ring (bicyclic) bond motifs is 1. The highest BCUT2D eigenvalue weighted by Gasteiger charge is 2.32. The van der Waals surface area contributed by atoms with Gasteiger partial charge in [-0.3, -0.25) is 14.4 Å². The second kappa shape index (κ2) is 17.2. The van der Waals surface area contributed by atoms with Crippen molar-refractivity contribution in [3.05, 3.63) is 71.9 Å². The summed E-state index contributed by atoms with van der Waals surface area (Å²) in [6.07, 6.45) is 2.03. The molecule has 0 aliphatic heterocycles. The molecule has 0 saturated carbocycles. The van der Waals surface area contributed by atoms with Crippen molar-refractivity contribution in [1.82, 2.24) is 20.9 Å². The highest BCUT2D eigenvalue weighted by molar-refractivity contribution is 5.93. The Morgan fingerprint density at radius 2 is 1.49 bits per heavy atom. The number of hydrogen-bond donors (Lipinski definition) is 5. The van der Waals surface area contributed by atoms with Crippen LogP contribution in [0.25, 0.3) is 10.9 Å². The van der Waals surface area contributed by atoms with Gasteiger partial charge in [-0.1, -0.05) is 62.4 Å². The predicted molar refractivity (Wildman–Crippen MR) is 176 cm³/mol. The number of carboxylic acid groups (broad SMARTS) is 1. The zero-order valence-corrected chi connectivity index (χ0v) is 27.6. The van der Waals surface area contributed by atoms with Crippen LogP contribution in [0.3, 0.4) is 0 Å². The molecule has 254 valence electrons. The molecule has 3 unspecified atom stereocenters. The average Bonchev–Trinajstić information content (AvgIpc) is 3.42. The Morgan fingerprint density at radius 3 is 2.15 bits per heavy atom. The number of amides is 3.